The largest absolute Gasteiger partial charge is 0.462 e. The fraction of sp³-hybridized carbons (Fsp3) is 0.271. The number of hydrogen-bond acceptors (Lipinski definition) is 21. The van der Waals surface area contributed by atoms with Crippen LogP contribution in [0.3, 0.4) is 0 Å². The van der Waals surface area contributed by atoms with E-state index in [-0.39, 0.29) is 95.8 Å². The zero-order valence-electron chi connectivity index (χ0n) is 38.7. The first-order valence-corrected chi connectivity index (χ1v) is 26.6. The molecule has 3 aliphatic rings. The molecule has 24 heteroatoms. The topological polar surface area (TPSA) is 256 Å². The first-order chi connectivity index (χ1) is 34.3. The third kappa shape index (κ3) is 13.8. The molecular formula is C48H43N3O16S5. The molecule has 1 saturated heterocycles. The molecule has 3 aromatic carbocycles. The average Bonchev–Trinajstić information content (AvgIpc) is 4.03. The van der Waals surface area contributed by atoms with E-state index < -0.39 is 88.1 Å². The molecule has 72 heavy (non-hydrogen) atoms. The minimum Gasteiger partial charge on any atom is -0.462 e. The Balaban J connectivity index is 1.38. The van der Waals surface area contributed by atoms with Crippen molar-refractivity contribution in [3.63, 3.8) is 0 Å². The number of fused-ring (bicyclic) bond motifs is 2. The molecule has 0 bridgehead atoms. The quantitative estimate of drug-likeness (QED) is 0.0204. The van der Waals surface area contributed by atoms with Crippen LogP contribution in [-0.2, 0) is 80.2 Å². The Morgan fingerprint density at radius 3 is 1.31 bits per heavy atom. The van der Waals surface area contributed by atoms with Crippen molar-refractivity contribution in [2.75, 3.05) is 32.7 Å². The highest BCUT2D eigenvalue weighted by molar-refractivity contribution is 8.26. The summed E-state index contributed by atoms with van der Waals surface area (Å²) < 4.78 is 57.6. The molecule has 0 radical (unpaired) electrons. The summed E-state index contributed by atoms with van der Waals surface area (Å²) in [6.07, 6.45) is -1.29. The number of amides is 2. The van der Waals surface area contributed by atoms with E-state index in [2.05, 4.69) is 13.2 Å². The van der Waals surface area contributed by atoms with Gasteiger partial charge in [-0.15, -0.1) is 0 Å². The van der Waals surface area contributed by atoms with E-state index in [0.29, 0.717) is 34.7 Å². The number of benzene rings is 3. The van der Waals surface area contributed by atoms with E-state index in [1.54, 1.807) is 66.7 Å². The number of carbonyl (C=O) groups is 8. The standard InChI is InChI=1S/C48H43N3O16S5/c1-27(2)45(58)64-22-20-62-32(52)16-18-34(54)66-37-39-40(69-47(68-39)31(24-49)72(5,60)61)38(67-35(55)19-17-33(53)63-21-23-65-46(59)28(3)4)42-41(37)70-48(71-42)36-43(56)50(25-29-12-8-6-9-13-29)51(44(36)57)26-30-14-10-7-11-15-30/h6-15H,1,3,16-23,25-26H2,2,4-5H3. The van der Waals surface area contributed by atoms with Gasteiger partial charge in [-0.3, -0.25) is 28.8 Å². The summed E-state index contributed by atoms with van der Waals surface area (Å²) in [6.45, 7) is 8.64. The molecule has 19 nitrogen and oxygen atoms in total. The van der Waals surface area contributed by atoms with Crippen LogP contribution in [0.25, 0.3) is 0 Å². The fourth-order valence-corrected chi connectivity index (χ4v) is 13.2. The Hall–Kier alpha value is -6.78. The van der Waals surface area contributed by atoms with Gasteiger partial charge < -0.3 is 28.4 Å². The molecular weight excluding hydrogens is 1030 g/mol. The molecule has 3 aromatic rings. The molecule has 3 aliphatic heterocycles. The van der Waals surface area contributed by atoms with E-state index in [4.69, 9.17) is 28.4 Å². The van der Waals surface area contributed by atoms with Crippen LogP contribution in [0.2, 0.25) is 0 Å². The first kappa shape index (κ1) is 54.6. The predicted octanol–water partition coefficient (Wildman–Crippen LogP) is 6.71. The Morgan fingerprint density at radius 1 is 0.583 bits per heavy atom. The summed E-state index contributed by atoms with van der Waals surface area (Å²) >= 11 is 3.09. The SMILES string of the molecule is C=C(C)C(=O)OCCOC(=O)CCC(=O)Oc1c2c(c(OC(=O)CCC(=O)OCCOC(=O)C(=C)C)c3c1SC(=C(C#N)S(C)(=O)=O)S3)SC(=C1C(=O)N(Cc3ccccc3)N(Cc3ccccc3)C1=O)S2. The van der Waals surface area contributed by atoms with Crippen LogP contribution in [0, 0.1) is 11.3 Å². The van der Waals surface area contributed by atoms with Crippen molar-refractivity contribution >= 4 is 105 Å². The maximum Gasteiger partial charge on any atom is 0.333 e. The van der Waals surface area contributed by atoms with Gasteiger partial charge in [-0.1, -0.05) is 121 Å². The lowest BCUT2D eigenvalue weighted by atomic mass is 10.2. The normalized spacial score (nSPS) is 13.7. The highest BCUT2D eigenvalue weighted by Crippen LogP contribution is 2.69. The minimum atomic E-state index is -4.17. The van der Waals surface area contributed by atoms with Crippen LogP contribution in [0.1, 0.15) is 50.7 Å². The maximum absolute atomic E-state index is 14.6. The van der Waals surface area contributed by atoms with Crippen molar-refractivity contribution in [1.29, 1.82) is 5.26 Å². The Labute approximate surface area is 430 Å². The highest BCUT2D eigenvalue weighted by Gasteiger charge is 2.47. The molecule has 2 amide bonds. The van der Waals surface area contributed by atoms with Gasteiger partial charge in [0.15, 0.2) is 26.2 Å². The van der Waals surface area contributed by atoms with E-state index in [9.17, 15) is 52.0 Å². The zero-order chi connectivity index (χ0) is 52.3. The molecule has 6 rings (SSSR count). The lowest BCUT2D eigenvalue weighted by Gasteiger charge is -2.27. The van der Waals surface area contributed by atoms with E-state index in [1.165, 1.54) is 23.9 Å². The summed E-state index contributed by atoms with van der Waals surface area (Å²) in [5.74, 6) is -6.85. The number of ether oxygens (including phenoxy) is 6. The number of carbonyl (C=O) groups excluding carboxylic acids is 8. The van der Waals surface area contributed by atoms with Crippen molar-refractivity contribution in [1.82, 2.24) is 10.0 Å². The summed E-state index contributed by atoms with van der Waals surface area (Å²) in [5, 5.41) is 12.6. The van der Waals surface area contributed by atoms with Crippen molar-refractivity contribution in [3.8, 4) is 17.6 Å². The second-order valence-corrected chi connectivity index (χ2v) is 22.0. The van der Waals surface area contributed by atoms with Gasteiger partial charge in [0.05, 0.1) is 66.8 Å². The summed E-state index contributed by atoms with van der Waals surface area (Å²) in [7, 11) is -4.17. The molecule has 0 aromatic heterocycles. The van der Waals surface area contributed by atoms with Gasteiger partial charge in [-0.05, 0) is 25.0 Å². The molecule has 0 spiro atoms. The van der Waals surface area contributed by atoms with Gasteiger partial charge in [0, 0.05) is 17.4 Å². The third-order valence-electron chi connectivity index (χ3n) is 9.77. The summed E-state index contributed by atoms with van der Waals surface area (Å²) in [4.78, 5) is 105. The van der Waals surface area contributed by atoms with E-state index in [0.717, 1.165) is 29.8 Å². The highest BCUT2D eigenvalue weighted by atomic mass is 32.2. The monoisotopic (exact) mass is 1080 g/mol. The number of allylic oxidation sites excluding steroid dienone is 1. The van der Waals surface area contributed by atoms with Gasteiger partial charge in [-0.2, -0.15) is 5.26 Å². The van der Waals surface area contributed by atoms with Crippen molar-refractivity contribution in [2.45, 2.75) is 72.2 Å². The minimum absolute atomic E-state index is 0.00540. The zero-order valence-corrected chi connectivity index (χ0v) is 42.8. The van der Waals surface area contributed by atoms with Crippen LogP contribution in [0.4, 0.5) is 0 Å². The number of esters is 6. The molecule has 0 atom stereocenters. The van der Waals surface area contributed by atoms with E-state index in [1.807, 2.05) is 0 Å². The molecule has 3 heterocycles. The van der Waals surface area contributed by atoms with Crippen LogP contribution >= 0.6 is 47.0 Å². The second kappa shape index (κ2) is 24.6. The van der Waals surface area contributed by atoms with Gasteiger partial charge >= 0.3 is 35.8 Å². The average molecular weight is 1080 g/mol. The Kier molecular flexibility index (Phi) is 18.6. The molecule has 1 fully saturated rings. The summed E-state index contributed by atoms with van der Waals surface area (Å²) in [6, 6.07) is 19.6. The molecule has 0 N–H and O–H groups in total. The third-order valence-corrected chi connectivity index (χ3v) is 16.3. The molecule has 0 aliphatic carbocycles. The lowest BCUT2D eigenvalue weighted by Crippen LogP contribution is -2.39. The van der Waals surface area contributed by atoms with Crippen LogP contribution in [-0.4, -0.2) is 98.7 Å². The number of hydrazine groups is 1. The van der Waals surface area contributed by atoms with Gasteiger partial charge in [0.1, 0.15) is 38.1 Å². The maximum atomic E-state index is 14.6. The van der Waals surface area contributed by atoms with Gasteiger partial charge in [-0.25, -0.2) is 28.0 Å². The Bertz CT molecular complexity index is 2820. The van der Waals surface area contributed by atoms with Crippen LogP contribution in [0.15, 0.2) is 124 Å². The molecule has 376 valence electrons. The number of sulfone groups is 1. The van der Waals surface area contributed by atoms with Crippen LogP contribution < -0.4 is 9.47 Å². The summed E-state index contributed by atoms with van der Waals surface area (Å²) in [5.41, 5.74) is 1.44. The molecule has 0 unspecified atom stereocenters. The number of nitrogens with zero attached hydrogens (tertiary/aromatic N) is 3. The second-order valence-electron chi connectivity index (χ2n) is 15.5. The molecule has 0 saturated carbocycles. The number of hydrogen-bond donors (Lipinski definition) is 0. The van der Waals surface area contributed by atoms with Crippen molar-refractivity contribution in [3.05, 3.63) is 115 Å². The van der Waals surface area contributed by atoms with Crippen LogP contribution in [0.5, 0.6) is 11.5 Å². The van der Waals surface area contributed by atoms with E-state index >= 15 is 0 Å². The Morgan fingerprint density at radius 2 is 0.944 bits per heavy atom. The van der Waals surface area contributed by atoms with Crippen molar-refractivity contribution < 1.29 is 75.2 Å². The van der Waals surface area contributed by atoms with Gasteiger partial charge in [0.25, 0.3) is 11.8 Å². The number of nitriles is 1. The van der Waals surface area contributed by atoms with Crippen molar-refractivity contribution in [2.24, 2.45) is 0 Å². The number of thioether (sulfide) groups is 4. The fourth-order valence-electron chi connectivity index (χ4n) is 6.34. The smallest absolute Gasteiger partial charge is 0.333 e. The first-order valence-electron chi connectivity index (χ1n) is 21.4. The predicted molar refractivity (Wildman–Crippen MR) is 262 cm³/mol. The lowest BCUT2D eigenvalue weighted by molar-refractivity contribution is -0.151. The van der Waals surface area contributed by atoms with Gasteiger partial charge in [0.2, 0.25) is 0 Å². The number of rotatable bonds is 21.